The molecule has 4 heteroatoms. The second-order valence-electron chi connectivity index (χ2n) is 6.68. The smallest absolute Gasteiger partial charge is 0.246 e. The van der Waals surface area contributed by atoms with Gasteiger partial charge < -0.3 is 4.74 Å². The van der Waals surface area contributed by atoms with Crippen molar-refractivity contribution in [2.24, 2.45) is 5.92 Å². The zero-order chi connectivity index (χ0) is 17.1. The number of aryl methyl sites for hydroxylation is 1. The first-order valence-electron chi connectivity index (χ1n) is 8.40. The van der Waals surface area contributed by atoms with Crippen molar-refractivity contribution < 1.29 is 14.7 Å². The van der Waals surface area contributed by atoms with Crippen LogP contribution in [0.5, 0.6) is 11.5 Å². The number of benzene rings is 2. The Hall–Kier alpha value is -2.33. The van der Waals surface area contributed by atoms with E-state index in [1.807, 2.05) is 24.3 Å². The van der Waals surface area contributed by atoms with Crippen molar-refractivity contribution in [2.75, 3.05) is 0 Å². The molecule has 0 radical (unpaired) electrons. The first-order chi connectivity index (χ1) is 11.6. The molecule has 2 N–H and O–H groups in total. The maximum atomic E-state index is 11.7. The van der Waals surface area contributed by atoms with E-state index in [9.17, 15) is 4.79 Å². The zero-order valence-corrected chi connectivity index (χ0v) is 14.1. The summed E-state index contributed by atoms with van der Waals surface area (Å²) in [6.45, 7) is 4.31. The van der Waals surface area contributed by atoms with Gasteiger partial charge in [-0.15, -0.1) is 0 Å². The summed E-state index contributed by atoms with van der Waals surface area (Å²) in [7, 11) is 0. The second kappa shape index (κ2) is 7.05. The standard InChI is InChI=1S/C20H23NO3/c1-13(2)15-4-3-5-18(11-15)24-19-9-8-14-6-7-16(20(22)21-23)10-17(14)12-19/h3-5,8-9,11-13,16,23H,6-7,10H2,1-2H3,(H,21,22). The van der Waals surface area contributed by atoms with Crippen molar-refractivity contribution in [3.8, 4) is 11.5 Å². The highest BCUT2D eigenvalue weighted by atomic mass is 16.5. The molecule has 126 valence electrons. The molecule has 0 aliphatic heterocycles. The highest BCUT2D eigenvalue weighted by Crippen LogP contribution is 2.31. The van der Waals surface area contributed by atoms with Gasteiger partial charge in [0.05, 0.1) is 0 Å². The Balaban J connectivity index is 1.79. The SMILES string of the molecule is CC(C)c1cccc(Oc2ccc3c(c2)CC(C(=O)NO)CC3)c1. The monoisotopic (exact) mass is 325 g/mol. The van der Waals surface area contributed by atoms with Gasteiger partial charge in [-0.05, 0) is 66.1 Å². The average molecular weight is 325 g/mol. The Morgan fingerprint density at radius 1 is 1.17 bits per heavy atom. The summed E-state index contributed by atoms with van der Waals surface area (Å²) in [5.41, 5.74) is 5.38. The number of carbonyl (C=O) groups excluding carboxylic acids is 1. The van der Waals surface area contributed by atoms with Gasteiger partial charge in [0.1, 0.15) is 11.5 Å². The lowest BCUT2D eigenvalue weighted by atomic mass is 9.83. The maximum absolute atomic E-state index is 11.7. The summed E-state index contributed by atoms with van der Waals surface area (Å²) in [5.74, 6) is 1.56. The van der Waals surface area contributed by atoms with Crippen molar-refractivity contribution in [1.29, 1.82) is 0 Å². The molecule has 1 unspecified atom stereocenters. The number of hydroxylamine groups is 1. The average Bonchev–Trinajstić information content (AvgIpc) is 2.60. The number of ether oxygens (including phenoxy) is 1. The molecule has 0 aromatic heterocycles. The predicted octanol–water partition coefficient (Wildman–Crippen LogP) is 4.21. The van der Waals surface area contributed by atoms with Crippen LogP contribution in [0.4, 0.5) is 0 Å². The number of amides is 1. The molecule has 3 rings (SSSR count). The molecule has 0 bridgehead atoms. The molecular formula is C20H23NO3. The first kappa shape index (κ1) is 16.5. The van der Waals surface area contributed by atoms with Gasteiger partial charge in [-0.1, -0.05) is 32.0 Å². The van der Waals surface area contributed by atoms with Crippen molar-refractivity contribution in [3.63, 3.8) is 0 Å². The molecule has 24 heavy (non-hydrogen) atoms. The quantitative estimate of drug-likeness (QED) is 0.654. The van der Waals surface area contributed by atoms with Crippen molar-refractivity contribution >= 4 is 5.91 Å². The molecule has 0 saturated carbocycles. The van der Waals surface area contributed by atoms with Gasteiger partial charge in [-0.3, -0.25) is 10.0 Å². The van der Waals surface area contributed by atoms with E-state index in [1.54, 1.807) is 5.48 Å². The Bertz CT molecular complexity index is 739. The van der Waals surface area contributed by atoms with E-state index in [4.69, 9.17) is 9.94 Å². The Kier molecular flexibility index (Phi) is 4.86. The van der Waals surface area contributed by atoms with Crippen LogP contribution in [-0.4, -0.2) is 11.1 Å². The first-order valence-corrected chi connectivity index (χ1v) is 8.40. The van der Waals surface area contributed by atoms with E-state index in [0.717, 1.165) is 29.9 Å². The molecule has 0 heterocycles. The van der Waals surface area contributed by atoms with Crippen LogP contribution in [0.1, 0.15) is 42.9 Å². The third-order valence-electron chi connectivity index (χ3n) is 4.65. The van der Waals surface area contributed by atoms with Crippen LogP contribution in [0.3, 0.4) is 0 Å². The van der Waals surface area contributed by atoms with Crippen LogP contribution < -0.4 is 10.2 Å². The lowest BCUT2D eigenvalue weighted by molar-refractivity contribution is -0.133. The fraction of sp³-hybridized carbons (Fsp3) is 0.350. The Morgan fingerprint density at radius 3 is 2.71 bits per heavy atom. The summed E-state index contributed by atoms with van der Waals surface area (Å²) in [5, 5.41) is 8.83. The summed E-state index contributed by atoms with van der Waals surface area (Å²) in [6, 6.07) is 14.2. The lowest BCUT2D eigenvalue weighted by Gasteiger charge is -2.23. The van der Waals surface area contributed by atoms with Crippen LogP contribution in [0.25, 0.3) is 0 Å². The minimum absolute atomic E-state index is 0.179. The number of rotatable bonds is 4. The maximum Gasteiger partial charge on any atom is 0.246 e. The Morgan fingerprint density at radius 2 is 1.96 bits per heavy atom. The van der Waals surface area contributed by atoms with Gasteiger partial charge in [0.2, 0.25) is 5.91 Å². The van der Waals surface area contributed by atoms with Crippen LogP contribution >= 0.6 is 0 Å². The highest BCUT2D eigenvalue weighted by molar-refractivity contribution is 5.78. The number of carbonyl (C=O) groups is 1. The summed E-state index contributed by atoms with van der Waals surface area (Å²) in [6.07, 6.45) is 2.23. The van der Waals surface area contributed by atoms with Crippen LogP contribution in [0, 0.1) is 5.92 Å². The van der Waals surface area contributed by atoms with Gasteiger partial charge in [-0.25, -0.2) is 5.48 Å². The van der Waals surface area contributed by atoms with Gasteiger partial charge in [0.15, 0.2) is 0 Å². The van der Waals surface area contributed by atoms with E-state index >= 15 is 0 Å². The minimum atomic E-state index is -0.309. The van der Waals surface area contributed by atoms with Gasteiger partial charge in [-0.2, -0.15) is 0 Å². The minimum Gasteiger partial charge on any atom is -0.457 e. The molecule has 1 aliphatic rings. The molecule has 2 aromatic carbocycles. The third-order valence-corrected chi connectivity index (χ3v) is 4.65. The molecule has 0 saturated heterocycles. The van der Waals surface area contributed by atoms with E-state index in [0.29, 0.717) is 12.3 Å². The molecule has 0 spiro atoms. The van der Waals surface area contributed by atoms with E-state index in [1.165, 1.54) is 11.1 Å². The molecule has 1 aliphatic carbocycles. The van der Waals surface area contributed by atoms with Gasteiger partial charge >= 0.3 is 0 Å². The van der Waals surface area contributed by atoms with E-state index in [2.05, 4.69) is 32.0 Å². The van der Waals surface area contributed by atoms with Gasteiger partial charge in [0, 0.05) is 5.92 Å². The van der Waals surface area contributed by atoms with Crippen molar-refractivity contribution in [1.82, 2.24) is 5.48 Å². The summed E-state index contributed by atoms with van der Waals surface area (Å²) < 4.78 is 6.01. The number of hydrogen-bond acceptors (Lipinski definition) is 3. The number of nitrogens with one attached hydrogen (secondary N) is 1. The number of hydrogen-bond donors (Lipinski definition) is 2. The Labute approximate surface area is 142 Å². The fourth-order valence-electron chi connectivity index (χ4n) is 3.19. The summed E-state index contributed by atoms with van der Waals surface area (Å²) in [4.78, 5) is 11.7. The van der Waals surface area contributed by atoms with Crippen LogP contribution in [0.15, 0.2) is 42.5 Å². The normalized spacial score (nSPS) is 16.6. The van der Waals surface area contributed by atoms with Gasteiger partial charge in [0.25, 0.3) is 0 Å². The lowest BCUT2D eigenvalue weighted by Crippen LogP contribution is -2.31. The molecular weight excluding hydrogens is 302 g/mol. The molecule has 0 fully saturated rings. The predicted molar refractivity (Wildman–Crippen MR) is 92.5 cm³/mol. The van der Waals surface area contributed by atoms with Crippen LogP contribution in [0.2, 0.25) is 0 Å². The summed E-state index contributed by atoms with van der Waals surface area (Å²) >= 11 is 0. The molecule has 4 nitrogen and oxygen atoms in total. The molecule has 1 amide bonds. The highest BCUT2D eigenvalue weighted by Gasteiger charge is 2.24. The topological polar surface area (TPSA) is 58.6 Å². The second-order valence-corrected chi connectivity index (χ2v) is 6.68. The van der Waals surface area contributed by atoms with Crippen LogP contribution in [-0.2, 0) is 17.6 Å². The van der Waals surface area contributed by atoms with Crippen molar-refractivity contribution in [3.05, 3.63) is 59.2 Å². The largest absolute Gasteiger partial charge is 0.457 e. The third kappa shape index (κ3) is 3.60. The zero-order valence-electron chi connectivity index (χ0n) is 14.1. The fourth-order valence-corrected chi connectivity index (χ4v) is 3.19. The molecule has 2 aromatic rings. The van der Waals surface area contributed by atoms with E-state index < -0.39 is 0 Å². The van der Waals surface area contributed by atoms with Crippen molar-refractivity contribution in [2.45, 2.75) is 39.0 Å². The number of fused-ring (bicyclic) bond motifs is 1. The van der Waals surface area contributed by atoms with E-state index in [-0.39, 0.29) is 11.8 Å². The molecule has 1 atom stereocenters.